The van der Waals surface area contributed by atoms with Crippen LogP contribution >= 0.6 is 11.3 Å². The lowest BCUT2D eigenvalue weighted by molar-refractivity contribution is -0.140. The molecule has 8 heteroatoms. The Kier molecular flexibility index (Phi) is 5.52. The van der Waals surface area contributed by atoms with E-state index < -0.39 is 17.4 Å². The normalized spacial score (nSPS) is 14.9. The molecule has 0 saturated heterocycles. The number of nitrogens with one attached hydrogen (secondary N) is 1. The molecule has 0 aliphatic heterocycles. The number of carbonyl (C=O) groups excluding carboxylic acids is 1. The van der Waals surface area contributed by atoms with E-state index in [0.29, 0.717) is 11.4 Å². The van der Waals surface area contributed by atoms with Gasteiger partial charge in [0.1, 0.15) is 0 Å². The highest BCUT2D eigenvalue weighted by Gasteiger charge is 2.33. The maximum absolute atomic E-state index is 12.4. The average molecular weight is 309 g/mol. The molecule has 0 aliphatic rings. The SMILES string of the molecule is CCCC(C)(N)C(=O)NCCc1nc(C(F)(F)F)cs1. The van der Waals surface area contributed by atoms with Gasteiger partial charge in [-0.2, -0.15) is 13.2 Å². The molecule has 0 bridgehead atoms. The summed E-state index contributed by atoms with van der Waals surface area (Å²) in [5.41, 5.74) is 4.00. The Hall–Kier alpha value is -1.15. The van der Waals surface area contributed by atoms with Gasteiger partial charge in [-0.1, -0.05) is 13.3 Å². The molecule has 1 unspecified atom stereocenters. The molecule has 4 nitrogen and oxygen atoms in total. The molecular weight excluding hydrogens is 291 g/mol. The number of carbonyl (C=O) groups is 1. The number of thiazole rings is 1. The number of hydrogen-bond acceptors (Lipinski definition) is 4. The van der Waals surface area contributed by atoms with E-state index in [-0.39, 0.29) is 18.9 Å². The summed E-state index contributed by atoms with van der Waals surface area (Å²) in [5.74, 6) is -0.299. The van der Waals surface area contributed by atoms with E-state index >= 15 is 0 Å². The van der Waals surface area contributed by atoms with Crippen molar-refractivity contribution < 1.29 is 18.0 Å². The van der Waals surface area contributed by atoms with E-state index in [2.05, 4.69) is 10.3 Å². The number of hydrogen-bond donors (Lipinski definition) is 2. The number of nitrogens with two attached hydrogens (primary N) is 1. The van der Waals surface area contributed by atoms with Gasteiger partial charge in [-0.25, -0.2) is 4.98 Å². The van der Waals surface area contributed by atoms with Crippen molar-refractivity contribution in [3.8, 4) is 0 Å². The third kappa shape index (κ3) is 4.75. The Morgan fingerprint density at radius 1 is 1.50 bits per heavy atom. The van der Waals surface area contributed by atoms with Gasteiger partial charge in [0.15, 0.2) is 5.69 Å². The van der Waals surface area contributed by atoms with Crippen LogP contribution < -0.4 is 11.1 Å². The minimum atomic E-state index is -4.42. The van der Waals surface area contributed by atoms with Gasteiger partial charge in [-0.15, -0.1) is 11.3 Å². The molecule has 0 fully saturated rings. The zero-order valence-corrected chi connectivity index (χ0v) is 12.2. The number of aromatic nitrogens is 1. The molecule has 3 N–H and O–H groups in total. The summed E-state index contributed by atoms with van der Waals surface area (Å²) in [7, 11) is 0. The number of amides is 1. The summed E-state index contributed by atoms with van der Waals surface area (Å²) >= 11 is 0.932. The van der Waals surface area contributed by atoms with Crippen LogP contribution in [0.1, 0.15) is 37.4 Å². The molecule has 1 heterocycles. The topological polar surface area (TPSA) is 68.0 Å². The lowest BCUT2D eigenvalue weighted by Gasteiger charge is -2.22. The quantitative estimate of drug-likeness (QED) is 0.847. The number of halogens is 3. The molecule has 1 aromatic heterocycles. The van der Waals surface area contributed by atoms with Crippen LogP contribution in [0.25, 0.3) is 0 Å². The first kappa shape index (κ1) is 16.9. The van der Waals surface area contributed by atoms with Crippen molar-refractivity contribution in [2.24, 2.45) is 5.73 Å². The van der Waals surface area contributed by atoms with Crippen molar-refractivity contribution in [1.29, 1.82) is 0 Å². The van der Waals surface area contributed by atoms with Crippen LogP contribution in [0.4, 0.5) is 13.2 Å². The van der Waals surface area contributed by atoms with Gasteiger partial charge < -0.3 is 11.1 Å². The fourth-order valence-electron chi connectivity index (χ4n) is 1.67. The Labute approximate surface area is 119 Å². The van der Waals surface area contributed by atoms with Crippen LogP contribution in [0.2, 0.25) is 0 Å². The lowest BCUT2D eigenvalue weighted by Crippen LogP contribution is -2.51. The molecule has 0 radical (unpaired) electrons. The van der Waals surface area contributed by atoms with E-state index in [1.165, 1.54) is 0 Å². The summed E-state index contributed by atoms with van der Waals surface area (Å²) in [4.78, 5) is 15.3. The van der Waals surface area contributed by atoms with Crippen molar-refractivity contribution >= 4 is 17.2 Å². The molecule has 0 spiro atoms. The second kappa shape index (κ2) is 6.53. The first-order valence-corrected chi connectivity index (χ1v) is 7.13. The summed E-state index contributed by atoms with van der Waals surface area (Å²) < 4.78 is 37.1. The minimum absolute atomic E-state index is 0.222. The summed E-state index contributed by atoms with van der Waals surface area (Å²) in [6.07, 6.45) is -2.83. The molecule has 0 saturated carbocycles. The van der Waals surface area contributed by atoms with Crippen molar-refractivity contribution in [2.75, 3.05) is 6.54 Å². The molecule has 1 rings (SSSR count). The van der Waals surface area contributed by atoms with E-state index in [1.54, 1.807) is 6.92 Å². The highest BCUT2D eigenvalue weighted by Crippen LogP contribution is 2.29. The first-order valence-electron chi connectivity index (χ1n) is 6.25. The van der Waals surface area contributed by atoms with Crippen LogP contribution in [0.15, 0.2) is 5.38 Å². The van der Waals surface area contributed by atoms with Gasteiger partial charge in [0, 0.05) is 18.3 Å². The maximum atomic E-state index is 12.4. The van der Waals surface area contributed by atoms with Crippen molar-refractivity contribution in [3.05, 3.63) is 16.1 Å². The Morgan fingerprint density at radius 3 is 2.65 bits per heavy atom. The molecule has 1 amide bonds. The highest BCUT2D eigenvalue weighted by molar-refractivity contribution is 7.09. The van der Waals surface area contributed by atoms with Gasteiger partial charge in [0.25, 0.3) is 0 Å². The minimum Gasteiger partial charge on any atom is -0.354 e. The molecule has 20 heavy (non-hydrogen) atoms. The number of alkyl halides is 3. The van der Waals surface area contributed by atoms with Crippen LogP contribution in [0.3, 0.4) is 0 Å². The fraction of sp³-hybridized carbons (Fsp3) is 0.667. The van der Waals surface area contributed by atoms with Crippen molar-refractivity contribution in [2.45, 2.75) is 44.8 Å². The number of nitrogens with zero attached hydrogens (tertiary/aromatic N) is 1. The summed E-state index contributed by atoms with van der Waals surface area (Å²) in [6.45, 7) is 3.78. The van der Waals surface area contributed by atoms with Gasteiger partial charge >= 0.3 is 6.18 Å². The Bertz CT molecular complexity index is 457. The van der Waals surface area contributed by atoms with Crippen LogP contribution in [-0.4, -0.2) is 23.0 Å². The van der Waals surface area contributed by atoms with Crippen molar-refractivity contribution in [3.63, 3.8) is 0 Å². The largest absolute Gasteiger partial charge is 0.434 e. The number of rotatable bonds is 6. The van der Waals surface area contributed by atoms with E-state index in [9.17, 15) is 18.0 Å². The van der Waals surface area contributed by atoms with Crippen LogP contribution in [0.5, 0.6) is 0 Å². The van der Waals surface area contributed by atoms with Gasteiger partial charge in [-0.3, -0.25) is 4.79 Å². The highest BCUT2D eigenvalue weighted by atomic mass is 32.1. The zero-order valence-electron chi connectivity index (χ0n) is 11.4. The maximum Gasteiger partial charge on any atom is 0.434 e. The lowest BCUT2D eigenvalue weighted by atomic mass is 9.96. The monoisotopic (exact) mass is 309 g/mol. The Balaban J connectivity index is 2.45. The zero-order chi connectivity index (χ0) is 15.4. The molecule has 1 atom stereocenters. The molecule has 1 aromatic rings. The van der Waals surface area contributed by atoms with Gasteiger partial charge in [-0.05, 0) is 13.3 Å². The third-order valence-corrected chi connectivity index (χ3v) is 3.66. The van der Waals surface area contributed by atoms with E-state index in [0.717, 1.165) is 23.1 Å². The molecule has 0 aromatic carbocycles. The average Bonchev–Trinajstić information content (AvgIpc) is 2.77. The molecule has 0 aliphatic carbocycles. The smallest absolute Gasteiger partial charge is 0.354 e. The third-order valence-electron chi connectivity index (χ3n) is 2.75. The second-order valence-electron chi connectivity index (χ2n) is 4.80. The van der Waals surface area contributed by atoms with Gasteiger partial charge in [0.2, 0.25) is 5.91 Å². The second-order valence-corrected chi connectivity index (χ2v) is 5.74. The van der Waals surface area contributed by atoms with Gasteiger partial charge in [0.05, 0.1) is 10.5 Å². The molecular formula is C12H18F3N3OS. The summed E-state index contributed by atoms with van der Waals surface area (Å²) in [6, 6.07) is 0. The van der Waals surface area contributed by atoms with Crippen molar-refractivity contribution in [1.82, 2.24) is 10.3 Å². The van der Waals surface area contributed by atoms with E-state index in [1.807, 2.05) is 6.92 Å². The fourth-order valence-corrected chi connectivity index (χ4v) is 2.48. The van der Waals surface area contributed by atoms with Crippen LogP contribution in [-0.2, 0) is 17.4 Å². The van der Waals surface area contributed by atoms with E-state index in [4.69, 9.17) is 5.73 Å². The first-order chi connectivity index (χ1) is 9.16. The molecule has 114 valence electrons. The summed E-state index contributed by atoms with van der Waals surface area (Å²) in [5, 5.41) is 3.94. The standard InChI is InChI=1S/C12H18F3N3OS/c1-3-5-11(2,16)10(19)17-6-4-9-18-8(7-20-9)12(13,14)15/h7H,3-6,16H2,1-2H3,(H,17,19). The Morgan fingerprint density at radius 2 is 2.15 bits per heavy atom. The predicted octanol–water partition coefficient (Wildman–Crippen LogP) is 2.34. The predicted molar refractivity (Wildman–Crippen MR) is 71.3 cm³/mol. The van der Waals surface area contributed by atoms with Crippen LogP contribution in [0, 0.1) is 0 Å².